The van der Waals surface area contributed by atoms with Gasteiger partial charge >= 0.3 is 0 Å². The van der Waals surface area contributed by atoms with Crippen LogP contribution in [-0.2, 0) is 5.41 Å². The van der Waals surface area contributed by atoms with Crippen LogP contribution in [0.3, 0.4) is 0 Å². The van der Waals surface area contributed by atoms with E-state index in [4.69, 9.17) is 5.73 Å². The highest BCUT2D eigenvalue weighted by atomic mass is 79.9. The van der Waals surface area contributed by atoms with Gasteiger partial charge in [-0.15, -0.1) is 0 Å². The first-order chi connectivity index (χ1) is 6.20. The van der Waals surface area contributed by atoms with E-state index in [1.807, 2.05) is 6.07 Å². The van der Waals surface area contributed by atoms with Crippen LogP contribution < -0.4 is 5.73 Å². The van der Waals surface area contributed by atoms with Crippen LogP contribution in [0.15, 0.2) is 28.7 Å². The average molecular weight is 240 g/mol. The molecule has 0 bridgehead atoms. The molecule has 2 heteroatoms. The van der Waals surface area contributed by atoms with Crippen molar-refractivity contribution >= 4 is 15.9 Å². The van der Waals surface area contributed by atoms with Crippen LogP contribution in [0.25, 0.3) is 0 Å². The summed E-state index contributed by atoms with van der Waals surface area (Å²) in [5.74, 6) is 0. The van der Waals surface area contributed by atoms with Crippen LogP contribution in [0.1, 0.15) is 25.3 Å². The van der Waals surface area contributed by atoms with Crippen LogP contribution in [0, 0.1) is 0 Å². The Balaban J connectivity index is 2.41. The van der Waals surface area contributed by atoms with Crippen molar-refractivity contribution < 1.29 is 0 Å². The van der Waals surface area contributed by atoms with Crippen molar-refractivity contribution in [3.05, 3.63) is 34.3 Å². The second-order valence-corrected chi connectivity index (χ2v) is 4.65. The minimum atomic E-state index is 0.264. The number of rotatable bonds is 2. The maximum Gasteiger partial charge on any atom is 0.0213 e. The van der Waals surface area contributed by atoms with Gasteiger partial charge in [0.15, 0.2) is 0 Å². The van der Waals surface area contributed by atoms with Gasteiger partial charge in [-0.2, -0.15) is 0 Å². The molecule has 1 fully saturated rings. The second-order valence-electron chi connectivity index (χ2n) is 3.80. The Bertz CT molecular complexity index is 320. The van der Waals surface area contributed by atoms with E-state index < -0.39 is 0 Å². The summed E-state index contributed by atoms with van der Waals surface area (Å²) in [6.07, 6.45) is 2.27. The normalized spacial score (nSPS) is 31.8. The van der Waals surface area contributed by atoms with Crippen LogP contribution in [0.5, 0.6) is 0 Å². The Hall–Kier alpha value is -0.340. The average Bonchev–Trinajstić information content (AvgIpc) is 2.79. The Kier molecular flexibility index (Phi) is 2.20. The zero-order valence-electron chi connectivity index (χ0n) is 7.76. The summed E-state index contributed by atoms with van der Waals surface area (Å²) >= 11 is 3.58. The Morgan fingerprint density at radius 2 is 2.15 bits per heavy atom. The molecule has 1 nitrogen and oxygen atoms in total. The lowest BCUT2D eigenvalue weighted by atomic mass is 9.92. The van der Waals surface area contributed by atoms with E-state index in [9.17, 15) is 0 Å². The molecule has 1 unspecified atom stereocenters. The van der Waals surface area contributed by atoms with Crippen LogP contribution in [0.4, 0.5) is 0 Å². The highest BCUT2D eigenvalue weighted by Crippen LogP contribution is 2.51. The predicted octanol–water partition coefficient (Wildman–Crippen LogP) is 2.83. The highest BCUT2D eigenvalue weighted by molar-refractivity contribution is 9.10. The van der Waals surface area contributed by atoms with Crippen molar-refractivity contribution in [3.63, 3.8) is 0 Å². The molecule has 70 valence electrons. The van der Waals surface area contributed by atoms with Gasteiger partial charge in [-0.05, 0) is 24.5 Å². The number of hydrogen-bond donors (Lipinski definition) is 1. The molecule has 0 heterocycles. The second kappa shape index (κ2) is 3.10. The van der Waals surface area contributed by atoms with E-state index in [1.165, 1.54) is 10.0 Å². The first kappa shape index (κ1) is 9.22. The third-order valence-electron chi connectivity index (χ3n) is 3.17. The largest absolute Gasteiger partial charge is 0.327 e. The molecule has 1 aromatic carbocycles. The smallest absolute Gasteiger partial charge is 0.0213 e. The molecule has 0 amide bonds. The van der Waals surface area contributed by atoms with Crippen molar-refractivity contribution in [1.82, 2.24) is 0 Å². The van der Waals surface area contributed by atoms with Crippen LogP contribution in [-0.4, -0.2) is 6.04 Å². The molecule has 2 N–H and O–H groups in total. The maximum absolute atomic E-state index is 5.99. The van der Waals surface area contributed by atoms with E-state index in [-0.39, 0.29) is 5.41 Å². The topological polar surface area (TPSA) is 26.0 Å². The van der Waals surface area contributed by atoms with Crippen molar-refractivity contribution in [2.45, 2.75) is 31.2 Å². The van der Waals surface area contributed by atoms with Gasteiger partial charge in [0.05, 0.1) is 0 Å². The summed E-state index contributed by atoms with van der Waals surface area (Å²) in [6, 6.07) is 8.77. The molecular weight excluding hydrogens is 226 g/mol. The third kappa shape index (κ3) is 1.32. The minimum absolute atomic E-state index is 0.264. The van der Waals surface area contributed by atoms with E-state index in [0.717, 1.165) is 12.8 Å². The summed E-state index contributed by atoms with van der Waals surface area (Å²) in [7, 11) is 0. The quantitative estimate of drug-likeness (QED) is 0.845. The lowest BCUT2D eigenvalue weighted by molar-refractivity contribution is 0.632. The molecule has 0 radical (unpaired) electrons. The predicted molar refractivity (Wildman–Crippen MR) is 58.7 cm³/mol. The van der Waals surface area contributed by atoms with E-state index in [0.29, 0.717) is 6.04 Å². The molecule has 1 saturated carbocycles. The van der Waals surface area contributed by atoms with Gasteiger partial charge in [0.2, 0.25) is 0 Å². The monoisotopic (exact) mass is 239 g/mol. The van der Waals surface area contributed by atoms with Gasteiger partial charge in [-0.1, -0.05) is 41.1 Å². The van der Waals surface area contributed by atoms with E-state index in [2.05, 4.69) is 41.1 Å². The lowest BCUT2D eigenvalue weighted by Crippen LogP contribution is -2.17. The molecule has 1 aromatic rings. The van der Waals surface area contributed by atoms with Crippen molar-refractivity contribution in [3.8, 4) is 0 Å². The SMILES string of the molecule is CCC1(c2ccccc2Br)C[C@H]1N. The molecule has 1 aliphatic carbocycles. The van der Waals surface area contributed by atoms with Crippen molar-refractivity contribution in [1.29, 1.82) is 0 Å². The summed E-state index contributed by atoms with van der Waals surface area (Å²) in [5.41, 5.74) is 7.64. The minimum Gasteiger partial charge on any atom is -0.327 e. The summed E-state index contributed by atoms with van der Waals surface area (Å²) in [6.45, 7) is 2.21. The molecule has 0 aromatic heterocycles. The van der Waals surface area contributed by atoms with Crippen LogP contribution in [0.2, 0.25) is 0 Å². The van der Waals surface area contributed by atoms with Crippen molar-refractivity contribution in [2.75, 3.05) is 0 Å². The fourth-order valence-electron chi connectivity index (χ4n) is 2.11. The maximum atomic E-state index is 5.99. The number of benzene rings is 1. The molecule has 13 heavy (non-hydrogen) atoms. The Morgan fingerprint density at radius 3 is 2.62 bits per heavy atom. The Morgan fingerprint density at radius 1 is 1.54 bits per heavy atom. The van der Waals surface area contributed by atoms with Gasteiger partial charge in [-0.3, -0.25) is 0 Å². The lowest BCUT2D eigenvalue weighted by Gasteiger charge is -2.15. The molecule has 2 rings (SSSR count). The molecule has 0 spiro atoms. The molecule has 2 atom stereocenters. The number of nitrogens with two attached hydrogens (primary N) is 1. The fourth-order valence-corrected chi connectivity index (χ4v) is 2.78. The zero-order chi connectivity index (χ0) is 9.47. The number of halogens is 1. The van der Waals surface area contributed by atoms with E-state index >= 15 is 0 Å². The standard InChI is InChI=1S/C11H14BrN/c1-2-11(7-10(11)13)8-5-3-4-6-9(8)12/h3-6,10H,2,7,13H2,1H3/t10-,11?/m1/s1. The van der Waals surface area contributed by atoms with Gasteiger partial charge in [0, 0.05) is 15.9 Å². The highest BCUT2D eigenvalue weighted by Gasteiger charge is 2.52. The van der Waals surface area contributed by atoms with Gasteiger partial charge in [-0.25, -0.2) is 0 Å². The first-order valence-corrected chi connectivity index (χ1v) is 5.50. The third-order valence-corrected chi connectivity index (χ3v) is 3.87. The number of hydrogen-bond acceptors (Lipinski definition) is 1. The molecule has 0 aliphatic heterocycles. The molecule has 1 aliphatic rings. The van der Waals surface area contributed by atoms with Gasteiger partial charge in [0.25, 0.3) is 0 Å². The molecular formula is C11H14BrN. The van der Waals surface area contributed by atoms with Crippen molar-refractivity contribution in [2.24, 2.45) is 5.73 Å². The first-order valence-electron chi connectivity index (χ1n) is 4.71. The van der Waals surface area contributed by atoms with E-state index in [1.54, 1.807) is 0 Å². The van der Waals surface area contributed by atoms with Gasteiger partial charge < -0.3 is 5.73 Å². The zero-order valence-corrected chi connectivity index (χ0v) is 9.34. The van der Waals surface area contributed by atoms with Crippen LogP contribution >= 0.6 is 15.9 Å². The Labute approximate surface area is 87.5 Å². The summed E-state index contributed by atoms with van der Waals surface area (Å²) in [5, 5.41) is 0. The summed E-state index contributed by atoms with van der Waals surface area (Å²) in [4.78, 5) is 0. The van der Waals surface area contributed by atoms with Gasteiger partial charge in [0.1, 0.15) is 0 Å². The fraction of sp³-hybridized carbons (Fsp3) is 0.455. The summed E-state index contributed by atoms with van der Waals surface area (Å²) < 4.78 is 1.20. The molecule has 0 saturated heterocycles.